The third-order valence-corrected chi connectivity index (χ3v) is 6.50. The molecule has 0 aliphatic carbocycles. The number of carbonyl (C=O) groups is 4. The van der Waals surface area contributed by atoms with Crippen LogP contribution in [-0.2, 0) is 32.0 Å². The van der Waals surface area contributed by atoms with E-state index in [0.717, 1.165) is 21.9 Å². The lowest BCUT2D eigenvalue weighted by Crippen LogP contribution is -2.48. The first-order chi connectivity index (χ1) is 18.5. The number of benzene rings is 3. The van der Waals surface area contributed by atoms with Crippen LogP contribution in [0.5, 0.6) is 0 Å². The van der Waals surface area contributed by atoms with E-state index in [-0.39, 0.29) is 55.0 Å². The Kier molecular flexibility index (Phi) is 10.6. The van der Waals surface area contributed by atoms with Crippen molar-refractivity contribution < 1.29 is 19.2 Å². The van der Waals surface area contributed by atoms with Gasteiger partial charge in [0.1, 0.15) is 5.78 Å². The molecule has 0 unspecified atom stereocenters. The van der Waals surface area contributed by atoms with Crippen molar-refractivity contribution in [3.05, 3.63) is 83.9 Å². The Hall–Kier alpha value is -3.80. The monoisotopic (exact) mass is 528 g/mol. The molecule has 0 spiro atoms. The SMILES string of the molecule is C[C@@H](CC(=O)Cc1cccc2ccccc12)CC(=O)[C@H](CC(=O)NC(C)(C)C)NC(=O)CCc1ccccc1. The van der Waals surface area contributed by atoms with Gasteiger partial charge in [0.05, 0.1) is 12.5 Å². The number of carbonyl (C=O) groups excluding carboxylic acids is 4. The second-order valence-electron chi connectivity index (χ2n) is 11.4. The molecule has 0 saturated carbocycles. The van der Waals surface area contributed by atoms with Crippen molar-refractivity contribution in [1.29, 1.82) is 0 Å². The summed E-state index contributed by atoms with van der Waals surface area (Å²) < 4.78 is 0. The minimum atomic E-state index is -0.939. The zero-order valence-electron chi connectivity index (χ0n) is 23.5. The fourth-order valence-corrected chi connectivity index (χ4v) is 4.75. The molecule has 6 heteroatoms. The van der Waals surface area contributed by atoms with Crippen molar-refractivity contribution in [2.45, 2.75) is 77.8 Å². The maximum absolute atomic E-state index is 13.3. The fraction of sp³-hybridized carbons (Fsp3) is 0.394. The second-order valence-corrected chi connectivity index (χ2v) is 11.4. The Balaban J connectivity index is 1.60. The van der Waals surface area contributed by atoms with E-state index in [1.807, 2.05) is 100 Å². The van der Waals surface area contributed by atoms with Crippen LogP contribution < -0.4 is 10.6 Å². The van der Waals surface area contributed by atoms with Gasteiger partial charge in [-0.25, -0.2) is 0 Å². The Morgan fingerprint density at radius 1 is 0.769 bits per heavy atom. The van der Waals surface area contributed by atoms with Gasteiger partial charge in [0, 0.05) is 31.2 Å². The summed E-state index contributed by atoms with van der Waals surface area (Å²) in [7, 11) is 0. The van der Waals surface area contributed by atoms with Crippen LogP contribution in [0.3, 0.4) is 0 Å². The lowest BCUT2D eigenvalue weighted by molar-refractivity contribution is -0.132. The third kappa shape index (κ3) is 10.1. The molecule has 206 valence electrons. The predicted octanol–water partition coefficient (Wildman–Crippen LogP) is 5.36. The maximum Gasteiger partial charge on any atom is 0.222 e. The molecule has 3 aromatic rings. The molecule has 3 rings (SSSR count). The minimum absolute atomic E-state index is 0.0561. The summed E-state index contributed by atoms with van der Waals surface area (Å²) in [6.07, 6.45) is 1.28. The number of hydrogen-bond acceptors (Lipinski definition) is 4. The van der Waals surface area contributed by atoms with Crippen molar-refractivity contribution in [2.75, 3.05) is 0 Å². The molecule has 0 bridgehead atoms. The van der Waals surface area contributed by atoms with Crippen LogP contribution in [0.2, 0.25) is 0 Å². The third-order valence-electron chi connectivity index (χ3n) is 6.50. The average molecular weight is 529 g/mol. The van der Waals surface area contributed by atoms with E-state index in [0.29, 0.717) is 12.8 Å². The highest BCUT2D eigenvalue weighted by molar-refractivity contribution is 5.94. The molecule has 2 amide bonds. The molecule has 0 aliphatic heterocycles. The molecule has 3 aromatic carbocycles. The van der Waals surface area contributed by atoms with E-state index in [4.69, 9.17) is 0 Å². The second kappa shape index (κ2) is 13.8. The molecule has 2 atom stereocenters. The smallest absolute Gasteiger partial charge is 0.222 e. The highest BCUT2D eigenvalue weighted by atomic mass is 16.2. The van der Waals surface area contributed by atoms with Gasteiger partial charge < -0.3 is 10.6 Å². The quantitative estimate of drug-likeness (QED) is 0.312. The first-order valence-electron chi connectivity index (χ1n) is 13.7. The minimum Gasteiger partial charge on any atom is -0.351 e. The van der Waals surface area contributed by atoms with Crippen LogP contribution in [0.4, 0.5) is 0 Å². The van der Waals surface area contributed by atoms with Crippen LogP contribution in [-0.4, -0.2) is 35.0 Å². The van der Waals surface area contributed by atoms with E-state index in [2.05, 4.69) is 10.6 Å². The van der Waals surface area contributed by atoms with E-state index < -0.39 is 11.6 Å². The lowest BCUT2D eigenvalue weighted by Gasteiger charge is -2.24. The van der Waals surface area contributed by atoms with Gasteiger partial charge in [-0.3, -0.25) is 19.2 Å². The molecule has 0 fully saturated rings. The van der Waals surface area contributed by atoms with Crippen molar-refractivity contribution >= 4 is 34.2 Å². The van der Waals surface area contributed by atoms with Crippen molar-refractivity contribution in [1.82, 2.24) is 10.6 Å². The number of Topliss-reactive ketones (excluding diaryl/α,β-unsaturated/α-hetero) is 2. The number of fused-ring (bicyclic) bond motifs is 1. The van der Waals surface area contributed by atoms with Gasteiger partial charge in [-0.15, -0.1) is 0 Å². The molecule has 0 aliphatic rings. The largest absolute Gasteiger partial charge is 0.351 e. The summed E-state index contributed by atoms with van der Waals surface area (Å²) in [4.78, 5) is 51.5. The number of ketones is 2. The zero-order chi connectivity index (χ0) is 28.4. The molecule has 0 radical (unpaired) electrons. The van der Waals surface area contributed by atoms with E-state index in [1.165, 1.54) is 0 Å². The molecule has 6 nitrogen and oxygen atoms in total. The summed E-state index contributed by atoms with van der Waals surface area (Å²) in [6, 6.07) is 22.6. The Morgan fingerprint density at radius 3 is 2.15 bits per heavy atom. The van der Waals surface area contributed by atoms with E-state index in [1.54, 1.807) is 0 Å². The van der Waals surface area contributed by atoms with Crippen LogP contribution >= 0.6 is 0 Å². The van der Waals surface area contributed by atoms with Crippen molar-refractivity contribution in [3.63, 3.8) is 0 Å². The number of hydrogen-bond donors (Lipinski definition) is 2. The van der Waals surface area contributed by atoms with Crippen molar-refractivity contribution in [3.8, 4) is 0 Å². The van der Waals surface area contributed by atoms with Gasteiger partial charge in [0.15, 0.2) is 5.78 Å². The molecule has 2 N–H and O–H groups in total. The number of aryl methyl sites for hydroxylation is 1. The molecule has 0 aromatic heterocycles. The van der Waals surface area contributed by atoms with Gasteiger partial charge in [-0.05, 0) is 55.0 Å². The zero-order valence-corrected chi connectivity index (χ0v) is 23.5. The van der Waals surface area contributed by atoms with Gasteiger partial charge in [0.25, 0.3) is 0 Å². The summed E-state index contributed by atoms with van der Waals surface area (Å²) in [5, 5.41) is 7.80. The van der Waals surface area contributed by atoms with Crippen LogP contribution in [0.25, 0.3) is 10.8 Å². The highest BCUT2D eigenvalue weighted by Crippen LogP contribution is 2.21. The molecular weight excluding hydrogens is 488 g/mol. The summed E-state index contributed by atoms with van der Waals surface area (Å²) in [5.74, 6) is -0.975. The maximum atomic E-state index is 13.3. The summed E-state index contributed by atoms with van der Waals surface area (Å²) >= 11 is 0. The van der Waals surface area contributed by atoms with Gasteiger partial charge in [0.2, 0.25) is 11.8 Å². The average Bonchev–Trinajstić information content (AvgIpc) is 2.86. The van der Waals surface area contributed by atoms with Gasteiger partial charge in [-0.1, -0.05) is 79.7 Å². The predicted molar refractivity (Wildman–Crippen MR) is 155 cm³/mol. The lowest BCUT2D eigenvalue weighted by atomic mass is 9.91. The van der Waals surface area contributed by atoms with E-state index in [9.17, 15) is 19.2 Å². The summed E-state index contributed by atoms with van der Waals surface area (Å²) in [5.41, 5.74) is 1.54. The standard InChI is InChI=1S/C33H40N2O4/c1-23(19-27(36)21-26-15-10-14-25-13-8-9-16-28(25)26)20-30(37)29(22-32(39)35-33(2,3)4)34-31(38)18-17-24-11-6-5-7-12-24/h5-16,23,29H,17-22H2,1-4H3,(H,34,38)(H,35,39)/t23-,29-/m0/s1. The molecule has 0 saturated heterocycles. The highest BCUT2D eigenvalue weighted by Gasteiger charge is 2.27. The molecule has 39 heavy (non-hydrogen) atoms. The van der Waals surface area contributed by atoms with E-state index >= 15 is 0 Å². The Morgan fingerprint density at radius 2 is 1.44 bits per heavy atom. The van der Waals surface area contributed by atoms with Crippen molar-refractivity contribution in [2.24, 2.45) is 5.92 Å². The first kappa shape index (κ1) is 29.8. The van der Waals surface area contributed by atoms with Gasteiger partial charge >= 0.3 is 0 Å². The Bertz CT molecular complexity index is 1290. The normalized spacial score (nSPS) is 12.9. The topological polar surface area (TPSA) is 92.3 Å². The molecule has 0 heterocycles. The summed E-state index contributed by atoms with van der Waals surface area (Å²) in [6.45, 7) is 7.46. The number of amides is 2. The van der Waals surface area contributed by atoms with Gasteiger partial charge in [-0.2, -0.15) is 0 Å². The number of nitrogens with one attached hydrogen (secondary N) is 2. The Labute approximate surface area is 231 Å². The molecular formula is C33H40N2O4. The number of rotatable bonds is 13. The fourth-order valence-electron chi connectivity index (χ4n) is 4.75. The van der Waals surface area contributed by atoms with Crippen LogP contribution in [0.15, 0.2) is 72.8 Å². The van der Waals surface area contributed by atoms with Crippen LogP contribution in [0, 0.1) is 5.92 Å². The first-order valence-corrected chi connectivity index (χ1v) is 13.7. The van der Waals surface area contributed by atoms with Crippen LogP contribution in [0.1, 0.15) is 64.5 Å².